The maximum Gasteiger partial charge on any atom is 1.00 e. The summed E-state index contributed by atoms with van der Waals surface area (Å²) in [5.41, 5.74) is 0. The molecule has 0 bridgehead atoms. The topological polar surface area (TPSA) is 66.4 Å². The monoisotopic (exact) mass is 498 g/mol. The third-order valence-electron chi connectivity index (χ3n) is 5.99. The van der Waals surface area contributed by atoms with Gasteiger partial charge >= 0.3 is 51.4 Å². The summed E-state index contributed by atoms with van der Waals surface area (Å²) in [6.45, 7) is 4.45. The van der Waals surface area contributed by atoms with Crippen LogP contribution in [0.25, 0.3) is 0 Å². The molecule has 32 heavy (non-hydrogen) atoms. The molecule has 0 radical (unpaired) electrons. The van der Waals surface area contributed by atoms with E-state index in [1.807, 2.05) is 0 Å². The Morgan fingerprint density at radius 1 is 0.688 bits per heavy atom. The van der Waals surface area contributed by atoms with Crippen molar-refractivity contribution in [3.8, 4) is 0 Å². The molecule has 6 heteroatoms. The summed E-state index contributed by atoms with van der Waals surface area (Å²) in [4.78, 5) is 0. The predicted molar refractivity (Wildman–Crippen MR) is 132 cm³/mol. The molecule has 0 amide bonds. The fourth-order valence-electron chi connectivity index (χ4n) is 3.98. The summed E-state index contributed by atoms with van der Waals surface area (Å²) in [7, 11) is -4.60. The Labute approximate surface area is 243 Å². The normalized spacial score (nSPS) is 12.8. The van der Waals surface area contributed by atoms with E-state index < -0.39 is 10.4 Å². The van der Waals surface area contributed by atoms with Gasteiger partial charge in [0.25, 0.3) is 0 Å². The van der Waals surface area contributed by atoms with Crippen molar-refractivity contribution in [1.82, 2.24) is 0 Å². The van der Waals surface area contributed by atoms with Gasteiger partial charge in [0.1, 0.15) is 0 Å². The summed E-state index contributed by atoms with van der Waals surface area (Å²) < 4.78 is 36.9. The smallest absolute Gasteiger partial charge is 0.726 e. The molecular weight excluding hydrogens is 447 g/mol. The molecule has 0 aromatic carbocycles. The van der Waals surface area contributed by atoms with Gasteiger partial charge in [-0.25, -0.2) is 8.42 Å². The molecule has 0 heterocycles. The molecule has 0 aromatic rings. The average molecular weight is 499 g/mol. The van der Waals surface area contributed by atoms with Crippen molar-refractivity contribution in [1.29, 1.82) is 0 Å². The largest absolute Gasteiger partial charge is 1.00 e. The first-order valence-electron chi connectivity index (χ1n) is 13.3. The van der Waals surface area contributed by atoms with Crippen molar-refractivity contribution in [2.24, 2.45) is 5.92 Å². The SMILES string of the molecule is CCCCCC/C=C/C(CCCCCCCCCCCCCCCC)COS(=O)(=O)[O-].[K+]. The number of hydrogen-bond acceptors (Lipinski definition) is 4. The molecule has 0 fully saturated rings. The molecular formula is C26H51KO4S. The van der Waals surface area contributed by atoms with E-state index in [-0.39, 0.29) is 63.9 Å². The van der Waals surface area contributed by atoms with E-state index in [9.17, 15) is 13.0 Å². The summed E-state index contributed by atoms with van der Waals surface area (Å²) in [6.07, 6.45) is 29.5. The predicted octanol–water partition coefficient (Wildman–Crippen LogP) is 5.48. The number of hydrogen-bond donors (Lipinski definition) is 0. The molecule has 186 valence electrons. The zero-order valence-electron chi connectivity index (χ0n) is 21.6. The van der Waals surface area contributed by atoms with Gasteiger partial charge in [0, 0.05) is 5.92 Å². The molecule has 0 saturated heterocycles. The van der Waals surface area contributed by atoms with Crippen LogP contribution in [-0.4, -0.2) is 19.6 Å². The van der Waals surface area contributed by atoms with Crippen molar-refractivity contribution >= 4 is 10.4 Å². The minimum atomic E-state index is -4.60. The fraction of sp³-hybridized carbons (Fsp3) is 0.923. The van der Waals surface area contributed by atoms with E-state index in [4.69, 9.17) is 0 Å². The minimum Gasteiger partial charge on any atom is -0.726 e. The second-order valence-electron chi connectivity index (χ2n) is 9.12. The maximum atomic E-state index is 10.8. The number of rotatable bonds is 24. The Balaban J connectivity index is 0. The van der Waals surface area contributed by atoms with Crippen LogP contribution in [0, 0.1) is 5.92 Å². The molecule has 0 rings (SSSR count). The van der Waals surface area contributed by atoms with Gasteiger partial charge < -0.3 is 4.55 Å². The number of allylic oxidation sites excluding steroid dienone is 1. The van der Waals surface area contributed by atoms with E-state index in [0.29, 0.717) is 0 Å². The molecule has 0 saturated carbocycles. The Kier molecular flexibility index (Phi) is 29.7. The molecule has 0 aliphatic heterocycles. The molecule has 1 unspecified atom stereocenters. The van der Waals surface area contributed by atoms with E-state index >= 15 is 0 Å². The Morgan fingerprint density at radius 3 is 1.53 bits per heavy atom. The van der Waals surface area contributed by atoms with Crippen molar-refractivity contribution in [3.05, 3.63) is 12.2 Å². The van der Waals surface area contributed by atoms with E-state index in [0.717, 1.165) is 25.7 Å². The third-order valence-corrected chi connectivity index (χ3v) is 6.41. The van der Waals surface area contributed by atoms with Crippen molar-refractivity contribution < 1.29 is 68.5 Å². The Morgan fingerprint density at radius 2 is 1.09 bits per heavy atom. The van der Waals surface area contributed by atoms with Crippen LogP contribution < -0.4 is 51.4 Å². The fourth-order valence-corrected chi connectivity index (χ4v) is 4.33. The Bertz CT molecular complexity index is 494. The second-order valence-corrected chi connectivity index (χ2v) is 10.2. The van der Waals surface area contributed by atoms with Gasteiger partial charge in [-0.2, -0.15) is 0 Å². The molecule has 1 atom stereocenters. The van der Waals surface area contributed by atoms with Crippen LogP contribution in [0.1, 0.15) is 142 Å². The van der Waals surface area contributed by atoms with Gasteiger partial charge in [0.2, 0.25) is 10.4 Å². The molecule has 0 aliphatic rings. The maximum absolute atomic E-state index is 10.8. The summed E-state index contributed by atoms with van der Waals surface area (Å²) in [6, 6.07) is 0. The van der Waals surface area contributed by atoms with Gasteiger partial charge in [-0.1, -0.05) is 135 Å². The first kappa shape index (κ1) is 35.4. The first-order chi connectivity index (χ1) is 15.0. The Hall–Kier alpha value is 1.25. The van der Waals surface area contributed by atoms with E-state index in [1.165, 1.54) is 103 Å². The first-order valence-corrected chi connectivity index (χ1v) is 14.6. The summed E-state index contributed by atoms with van der Waals surface area (Å²) >= 11 is 0. The van der Waals surface area contributed by atoms with Crippen LogP contribution in [0.15, 0.2) is 12.2 Å². The number of unbranched alkanes of at least 4 members (excludes halogenated alkanes) is 17. The van der Waals surface area contributed by atoms with Crippen molar-refractivity contribution in [3.63, 3.8) is 0 Å². The van der Waals surface area contributed by atoms with Crippen LogP contribution in [0.5, 0.6) is 0 Å². The van der Waals surface area contributed by atoms with Crippen LogP contribution in [-0.2, 0) is 14.6 Å². The van der Waals surface area contributed by atoms with Gasteiger partial charge in [-0.3, -0.25) is 4.18 Å². The third kappa shape index (κ3) is 29.3. The van der Waals surface area contributed by atoms with Crippen LogP contribution in [0.4, 0.5) is 0 Å². The van der Waals surface area contributed by atoms with Gasteiger partial charge in [0.15, 0.2) is 0 Å². The van der Waals surface area contributed by atoms with Gasteiger partial charge in [-0.05, 0) is 19.3 Å². The van der Waals surface area contributed by atoms with Crippen LogP contribution in [0.2, 0.25) is 0 Å². The molecule has 4 nitrogen and oxygen atoms in total. The summed E-state index contributed by atoms with van der Waals surface area (Å²) in [5, 5.41) is 0. The van der Waals surface area contributed by atoms with E-state index in [2.05, 4.69) is 30.2 Å². The van der Waals surface area contributed by atoms with E-state index in [1.54, 1.807) is 0 Å². The van der Waals surface area contributed by atoms with Gasteiger partial charge in [0.05, 0.1) is 6.61 Å². The van der Waals surface area contributed by atoms with Crippen molar-refractivity contribution in [2.75, 3.05) is 6.61 Å². The quantitative estimate of drug-likeness (QED) is 0.0581. The minimum absolute atomic E-state index is 0. The average Bonchev–Trinajstić information content (AvgIpc) is 2.73. The zero-order valence-corrected chi connectivity index (χ0v) is 25.6. The zero-order chi connectivity index (χ0) is 23.0. The van der Waals surface area contributed by atoms with Gasteiger partial charge in [-0.15, -0.1) is 0 Å². The second kappa shape index (κ2) is 26.8. The molecule has 0 aliphatic carbocycles. The summed E-state index contributed by atoms with van der Waals surface area (Å²) in [5.74, 6) is 0.0206. The van der Waals surface area contributed by atoms with Crippen LogP contribution in [0.3, 0.4) is 0 Å². The molecule has 0 spiro atoms. The molecule has 0 N–H and O–H groups in total. The van der Waals surface area contributed by atoms with Crippen molar-refractivity contribution in [2.45, 2.75) is 142 Å². The standard InChI is InChI=1S/C26H52O4S.K/c1-3-5-7-9-11-12-13-14-15-16-17-18-20-22-24-26(25-30-31(27,28)29)23-21-19-10-8-6-4-2;/h21,23,26H,3-20,22,24-25H2,1-2H3,(H,27,28,29);/q;+1/p-1/b23-21+;. The molecule has 0 aromatic heterocycles. The van der Waals surface area contributed by atoms with Crippen LogP contribution >= 0.6 is 0 Å².